The maximum Gasteiger partial charge on any atom is 0.0394 e. The Bertz CT molecular complexity index is 669. The second-order valence-electron chi connectivity index (χ2n) is 4.00. The zero-order chi connectivity index (χ0) is 11.7. The maximum absolute atomic E-state index is 6.02. The lowest BCUT2D eigenvalue weighted by atomic mass is 10.00. The number of nitrogens with zero attached hydrogens (tertiary/aromatic N) is 1. The highest BCUT2D eigenvalue weighted by Crippen LogP contribution is 2.30. The predicted octanol–water partition coefficient (Wildman–Crippen LogP) is 3.48. The van der Waals surface area contributed by atoms with Crippen LogP contribution in [-0.2, 0) is 0 Å². The quantitative estimate of drug-likeness (QED) is 0.637. The number of nitrogens with two attached hydrogens (primary N) is 1. The molecular formula is C15H12N2. The molecule has 0 amide bonds. The Labute approximate surface area is 99.7 Å². The van der Waals surface area contributed by atoms with Crippen LogP contribution in [0.2, 0.25) is 0 Å². The van der Waals surface area contributed by atoms with E-state index in [0.29, 0.717) is 0 Å². The first-order valence-corrected chi connectivity index (χ1v) is 5.54. The minimum atomic E-state index is 0.783. The zero-order valence-corrected chi connectivity index (χ0v) is 9.30. The molecule has 82 valence electrons. The fourth-order valence-corrected chi connectivity index (χ4v) is 2.07. The highest BCUT2D eigenvalue weighted by molar-refractivity contribution is 5.98. The van der Waals surface area contributed by atoms with E-state index in [4.69, 9.17) is 5.73 Å². The SMILES string of the molecule is Nc1ccccc1-c1cncc2ccccc12. The summed E-state index contributed by atoms with van der Waals surface area (Å²) in [5, 5.41) is 2.31. The maximum atomic E-state index is 6.02. The van der Waals surface area contributed by atoms with Crippen LogP contribution in [0.25, 0.3) is 21.9 Å². The van der Waals surface area contributed by atoms with E-state index in [1.165, 1.54) is 5.39 Å². The van der Waals surface area contributed by atoms with Gasteiger partial charge in [0, 0.05) is 34.6 Å². The lowest BCUT2D eigenvalue weighted by molar-refractivity contribution is 1.36. The van der Waals surface area contributed by atoms with Crippen LogP contribution in [0, 0.1) is 0 Å². The second-order valence-corrected chi connectivity index (χ2v) is 4.00. The molecule has 0 aliphatic carbocycles. The van der Waals surface area contributed by atoms with E-state index in [1.807, 2.05) is 48.8 Å². The van der Waals surface area contributed by atoms with Crippen LogP contribution < -0.4 is 5.73 Å². The average Bonchev–Trinajstić information content (AvgIpc) is 2.39. The van der Waals surface area contributed by atoms with E-state index < -0.39 is 0 Å². The van der Waals surface area contributed by atoms with Crippen LogP contribution in [0.3, 0.4) is 0 Å². The van der Waals surface area contributed by atoms with Gasteiger partial charge >= 0.3 is 0 Å². The van der Waals surface area contributed by atoms with Crippen LogP contribution in [0.15, 0.2) is 60.9 Å². The van der Waals surface area contributed by atoms with Crippen molar-refractivity contribution in [1.29, 1.82) is 0 Å². The Hall–Kier alpha value is -2.35. The number of pyridine rings is 1. The molecule has 1 heterocycles. The monoisotopic (exact) mass is 220 g/mol. The molecule has 0 radical (unpaired) electrons. The van der Waals surface area contributed by atoms with Gasteiger partial charge in [0.25, 0.3) is 0 Å². The molecule has 0 fully saturated rings. The van der Waals surface area contributed by atoms with E-state index >= 15 is 0 Å². The lowest BCUT2D eigenvalue weighted by Gasteiger charge is -2.08. The molecule has 3 rings (SSSR count). The summed E-state index contributed by atoms with van der Waals surface area (Å²) in [5.41, 5.74) is 8.92. The summed E-state index contributed by atoms with van der Waals surface area (Å²) in [7, 11) is 0. The van der Waals surface area contributed by atoms with Gasteiger partial charge in [-0.1, -0.05) is 42.5 Å². The third kappa shape index (κ3) is 1.64. The van der Waals surface area contributed by atoms with E-state index in [9.17, 15) is 0 Å². The molecule has 0 spiro atoms. The molecule has 0 aliphatic rings. The predicted molar refractivity (Wildman–Crippen MR) is 71.6 cm³/mol. The number of nitrogen functional groups attached to an aromatic ring is 1. The van der Waals surface area contributed by atoms with Crippen molar-refractivity contribution in [2.45, 2.75) is 0 Å². The van der Waals surface area contributed by atoms with Crippen molar-refractivity contribution >= 4 is 16.5 Å². The molecule has 1 aromatic heterocycles. The first-order valence-electron chi connectivity index (χ1n) is 5.54. The molecule has 2 aromatic carbocycles. The normalized spacial score (nSPS) is 10.6. The van der Waals surface area contributed by atoms with E-state index in [2.05, 4.69) is 17.1 Å². The second kappa shape index (κ2) is 3.91. The smallest absolute Gasteiger partial charge is 0.0394 e. The summed E-state index contributed by atoms with van der Waals surface area (Å²) in [6.07, 6.45) is 3.74. The van der Waals surface area contributed by atoms with Gasteiger partial charge in [0.15, 0.2) is 0 Å². The molecule has 0 bridgehead atoms. The Kier molecular flexibility index (Phi) is 2.26. The Morgan fingerprint density at radius 3 is 2.41 bits per heavy atom. The Morgan fingerprint density at radius 1 is 0.765 bits per heavy atom. The van der Waals surface area contributed by atoms with Gasteiger partial charge in [-0.25, -0.2) is 0 Å². The van der Waals surface area contributed by atoms with Gasteiger partial charge in [0.05, 0.1) is 0 Å². The first-order chi connectivity index (χ1) is 8.36. The Morgan fingerprint density at radius 2 is 1.53 bits per heavy atom. The fraction of sp³-hybridized carbons (Fsp3) is 0. The van der Waals surface area contributed by atoms with Gasteiger partial charge in [0.1, 0.15) is 0 Å². The van der Waals surface area contributed by atoms with Gasteiger partial charge in [-0.3, -0.25) is 4.98 Å². The van der Waals surface area contributed by atoms with Crippen molar-refractivity contribution in [2.24, 2.45) is 0 Å². The number of rotatable bonds is 1. The van der Waals surface area contributed by atoms with Crippen molar-refractivity contribution < 1.29 is 0 Å². The third-order valence-electron chi connectivity index (χ3n) is 2.92. The van der Waals surface area contributed by atoms with Crippen molar-refractivity contribution in [1.82, 2.24) is 4.98 Å². The molecule has 2 nitrogen and oxygen atoms in total. The fourth-order valence-electron chi connectivity index (χ4n) is 2.07. The molecular weight excluding hydrogens is 208 g/mol. The minimum Gasteiger partial charge on any atom is -0.398 e. The number of hydrogen-bond acceptors (Lipinski definition) is 2. The summed E-state index contributed by atoms with van der Waals surface area (Å²) in [6, 6.07) is 16.1. The molecule has 0 atom stereocenters. The average molecular weight is 220 g/mol. The van der Waals surface area contributed by atoms with E-state index in [1.54, 1.807) is 0 Å². The minimum absolute atomic E-state index is 0.783. The van der Waals surface area contributed by atoms with E-state index in [0.717, 1.165) is 22.2 Å². The topological polar surface area (TPSA) is 38.9 Å². The molecule has 0 aliphatic heterocycles. The summed E-state index contributed by atoms with van der Waals surface area (Å²) >= 11 is 0. The van der Waals surface area contributed by atoms with Crippen LogP contribution in [-0.4, -0.2) is 4.98 Å². The molecule has 2 heteroatoms. The highest BCUT2D eigenvalue weighted by Gasteiger charge is 2.06. The van der Waals surface area contributed by atoms with Gasteiger partial charge in [-0.2, -0.15) is 0 Å². The highest BCUT2D eigenvalue weighted by atomic mass is 14.6. The number of benzene rings is 2. The number of anilines is 1. The summed E-state index contributed by atoms with van der Waals surface area (Å²) < 4.78 is 0. The molecule has 0 saturated heterocycles. The van der Waals surface area contributed by atoms with Crippen LogP contribution in [0.1, 0.15) is 0 Å². The third-order valence-corrected chi connectivity index (χ3v) is 2.92. The summed E-state index contributed by atoms with van der Waals surface area (Å²) in [4.78, 5) is 4.27. The lowest BCUT2D eigenvalue weighted by Crippen LogP contribution is -1.90. The molecule has 0 saturated carbocycles. The van der Waals surface area contributed by atoms with Crippen LogP contribution in [0.5, 0.6) is 0 Å². The summed E-state index contributed by atoms with van der Waals surface area (Å²) in [5.74, 6) is 0. The Balaban J connectivity index is 2.35. The standard InChI is InChI=1S/C15H12N2/c16-15-8-4-3-7-13(15)14-10-17-9-11-5-1-2-6-12(11)14/h1-10H,16H2. The van der Waals surface area contributed by atoms with Crippen LogP contribution in [0.4, 0.5) is 5.69 Å². The van der Waals surface area contributed by atoms with Crippen molar-refractivity contribution in [3.63, 3.8) is 0 Å². The molecule has 3 aromatic rings. The van der Waals surface area contributed by atoms with Gasteiger partial charge in [-0.05, 0) is 11.5 Å². The zero-order valence-electron chi connectivity index (χ0n) is 9.30. The number of fused-ring (bicyclic) bond motifs is 1. The van der Waals surface area contributed by atoms with Crippen molar-refractivity contribution in [3.8, 4) is 11.1 Å². The first kappa shape index (κ1) is 9.85. The summed E-state index contributed by atoms with van der Waals surface area (Å²) in [6.45, 7) is 0. The van der Waals surface area contributed by atoms with Gasteiger partial charge in [-0.15, -0.1) is 0 Å². The number of aromatic nitrogens is 1. The van der Waals surface area contributed by atoms with Crippen LogP contribution >= 0.6 is 0 Å². The number of para-hydroxylation sites is 1. The largest absolute Gasteiger partial charge is 0.398 e. The molecule has 2 N–H and O–H groups in total. The van der Waals surface area contributed by atoms with Gasteiger partial charge in [0.2, 0.25) is 0 Å². The molecule has 17 heavy (non-hydrogen) atoms. The van der Waals surface area contributed by atoms with Crippen molar-refractivity contribution in [2.75, 3.05) is 5.73 Å². The van der Waals surface area contributed by atoms with Crippen molar-refractivity contribution in [3.05, 3.63) is 60.9 Å². The number of hydrogen-bond donors (Lipinski definition) is 1. The van der Waals surface area contributed by atoms with E-state index in [-0.39, 0.29) is 0 Å². The van der Waals surface area contributed by atoms with Gasteiger partial charge < -0.3 is 5.73 Å². The molecule has 0 unspecified atom stereocenters.